The van der Waals surface area contributed by atoms with Gasteiger partial charge in [-0.1, -0.05) is 32.0 Å². The highest BCUT2D eigenvalue weighted by atomic mass is 32.2. The molecule has 1 N–H and O–H groups in total. The summed E-state index contributed by atoms with van der Waals surface area (Å²) in [5.74, 6) is 0.686. The minimum Gasteiger partial charge on any atom is -0.343 e. The molecule has 1 amide bonds. The minimum atomic E-state index is -3.52. The van der Waals surface area contributed by atoms with Crippen LogP contribution in [0.5, 0.6) is 0 Å². The lowest BCUT2D eigenvalue weighted by Gasteiger charge is -2.22. The average Bonchev–Trinajstić information content (AvgIpc) is 2.68. The number of carbonyl (C=O) groups is 1. The van der Waals surface area contributed by atoms with Gasteiger partial charge in [-0.05, 0) is 37.3 Å². The monoisotopic (exact) mass is 338 g/mol. The first-order valence-electron chi connectivity index (χ1n) is 8.23. The Hall–Kier alpha value is -1.40. The van der Waals surface area contributed by atoms with E-state index in [9.17, 15) is 13.2 Å². The van der Waals surface area contributed by atoms with Gasteiger partial charge >= 0.3 is 0 Å². The molecule has 1 aliphatic rings. The van der Waals surface area contributed by atoms with Gasteiger partial charge in [0.1, 0.15) is 0 Å². The number of sulfonamides is 1. The summed E-state index contributed by atoms with van der Waals surface area (Å²) in [4.78, 5) is 14.3. The number of hydrogen-bond acceptors (Lipinski definition) is 3. The molecule has 1 unspecified atom stereocenters. The van der Waals surface area contributed by atoms with Crippen molar-refractivity contribution in [1.82, 2.24) is 9.62 Å². The van der Waals surface area contributed by atoms with Crippen LogP contribution in [0, 0.1) is 5.92 Å². The number of nitrogens with zero attached hydrogens (tertiary/aromatic N) is 1. The number of nitrogens with one attached hydrogen (secondary N) is 1. The quantitative estimate of drug-likeness (QED) is 0.866. The molecule has 128 valence electrons. The highest BCUT2D eigenvalue weighted by molar-refractivity contribution is 7.89. The van der Waals surface area contributed by atoms with E-state index in [4.69, 9.17) is 0 Å². The summed E-state index contributed by atoms with van der Waals surface area (Å²) in [5.41, 5.74) is 0. The summed E-state index contributed by atoms with van der Waals surface area (Å²) in [6.45, 7) is 5.65. The van der Waals surface area contributed by atoms with E-state index in [2.05, 4.69) is 18.6 Å². The van der Waals surface area contributed by atoms with E-state index in [-0.39, 0.29) is 16.8 Å². The van der Waals surface area contributed by atoms with Gasteiger partial charge in [0, 0.05) is 25.6 Å². The van der Waals surface area contributed by atoms with Crippen molar-refractivity contribution in [2.45, 2.75) is 50.5 Å². The first-order chi connectivity index (χ1) is 10.9. The average molecular weight is 338 g/mol. The number of amides is 1. The Kier molecular flexibility index (Phi) is 6.18. The van der Waals surface area contributed by atoms with E-state index in [0.29, 0.717) is 31.7 Å². The first-order valence-corrected chi connectivity index (χ1v) is 9.72. The second kappa shape index (κ2) is 7.93. The van der Waals surface area contributed by atoms with E-state index >= 15 is 0 Å². The van der Waals surface area contributed by atoms with E-state index in [0.717, 1.165) is 13.0 Å². The highest BCUT2D eigenvalue weighted by Crippen LogP contribution is 2.17. The fraction of sp³-hybridized carbons (Fsp3) is 0.588. The number of hydrogen-bond donors (Lipinski definition) is 1. The smallest absolute Gasteiger partial charge is 0.240 e. The molecule has 1 fully saturated rings. The summed E-state index contributed by atoms with van der Waals surface area (Å²) in [6, 6.07) is 8.18. The van der Waals surface area contributed by atoms with Crippen LogP contribution in [0.15, 0.2) is 35.2 Å². The van der Waals surface area contributed by atoms with Gasteiger partial charge in [-0.25, -0.2) is 13.1 Å². The molecule has 1 aromatic rings. The van der Waals surface area contributed by atoms with E-state index in [1.165, 1.54) is 0 Å². The van der Waals surface area contributed by atoms with Crippen LogP contribution in [0.1, 0.15) is 39.5 Å². The number of benzene rings is 1. The molecule has 0 radical (unpaired) electrons. The van der Waals surface area contributed by atoms with Gasteiger partial charge in [0.15, 0.2) is 0 Å². The Morgan fingerprint density at radius 2 is 1.91 bits per heavy atom. The third-order valence-corrected chi connectivity index (χ3v) is 5.69. The zero-order valence-corrected chi connectivity index (χ0v) is 14.7. The lowest BCUT2D eigenvalue weighted by atomic mass is 10.1. The van der Waals surface area contributed by atoms with Crippen molar-refractivity contribution in [3.8, 4) is 0 Å². The summed E-state index contributed by atoms with van der Waals surface area (Å²) in [6.07, 6.45) is 2.60. The van der Waals surface area contributed by atoms with Crippen LogP contribution in [0.25, 0.3) is 0 Å². The fourth-order valence-electron chi connectivity index (χ4n) is 2.69. The van der Waals surface area contributed by atoms with Gasteiger partial charge in [-0.2, -0.15) is 0 Å². The second-order valence-corrected chi connectivity index (χ2v) is 8.24. The fourth-order valence-corrected chi connectivity index (χ4v) is 4.02. The molecule has 2 rings (SSSR count). The van der Waals surface area contributed by atoms with Crippen molar-refractivity contribution in [1.29, 1.82) is 0 Å². The third-order valence-electron chi connectivity index (χ3n) is 4.16. The minimum absolute atomic E-state index is 0.132. The zero-order valence-electron chi connectivity index (χ0n) is 13.9. The Morgan fingerprint density at radius 3 is 2.57 bits per heavy atom. The molecule has 5 nitrogen and oxygen atoms in total. The lowest BCUT2D eigenvalue weighted by molar-refractivity contribution is -0.130. The summed E-state index contributed by atoms with van der Waals surface area (Å²) >= 11 is 0. The summed E-state index contributed by atoms with van der Waals surface area (Å²) in [5, 5.41) is 0. The standard InChI is InChI=1S/C17H26N2O3S/c1-14(2)10-12-19-13-11-15(8-9-17(19)20)18-23(21,22)16-6-4-3-5-7-16/h3-7,14-15,18H,8-13H2,1-2H3. The largest absolute Gasteiger partial charge is 0.343 e. The predicted octanol–water partition coefficient (Wildman–Crippen LogP) is 2.39. The van der Waals surface area contributed by atoms with Crippen LogP contribution in [0.3, 0.4) is 0 Å². The molecular weight excluding hydrogens is 312 g/mol. The molecule has 6 heteroatoms. The molecule has 0 saturated carbocycles. The lowest BCUT2D eigenvalue weighted by Crippen LogP contribution is -2.36. The molecule has 1 aromatic carbocycles. The molecule has 0 bridgehead atoms. The molecule has 0 aliphatic carbocycles. The molecule has 1 saturated heterocycles. The van der Waals surface area contributed by atoms with Crippen LogP contribution >= 0.6 is 0 Å². The van der Waals surface area contributed by atoms with E-state index in [1.807, 2.05) is 4.90 Å². The Bertz CT molecular complexity index is 614. The van der Waals surface area contributed by atoms with Gasteiger partial charge in [-0.3, -0.25) is 4.79 Å². The molecule has 0 aromatic heterocycles. The molecular formula is C17H26N2O3S. The first kappa shape index (κ1) is 17.9. The Labute approximate surface area is 139 Å². The van der Waals surface area contributed by atoms with Crippen molar-refractivity contribution in [2.75, 3.05) is 13.1 Å². The highest BCUT2D eigenvalue weighted by Gasteiger charge is 2.26. The van der Waals surface area contributed by atoms with E-state index in [1.54, 1.807) is 30.3 Å². The van der Waals surface area contributed by atoms with Crippen LogP contribution in [-0.4, -0.2) is 38.4 Å². The SMILES string of the molecule is CC(C)CCN1CCC(NS(=O)(=O)c2ccccc2)CCC1=O. The van der Waals surface area contributed by atoms with Crippen molar-refractivity contribution in [3.05, 3.63) is 30.3 Å². The molecule has 23 heavy (non-hydrogen) atoms. The maximum Gasteiger partial charge on any atom is 0.240 e. The molecule has 0 spiro atoms. The summed E-state index contributed by atoms with van der Waals surface area (Å²) in [7, 11) is -3.52. The van der Waals surface area contributed by atoms with Gasteiger partial charge in [0.2, 0.25) is 15.9 Å². The Morgan fingerprint density at radius 1 is 1.22 bits per heavy atom. The molecule has 1 heterocycles. The van der Waals surface area contributed by atoms with E-state index < -0.39 is 10.0 Å². The Balaban J connectivity index is 1.96. The van der Waals surface area contributed by atoms with Gasteiger partial charge in [0.05, 0.1) is 4.90 Å². The van der Waals surface area contributed by atoms with Gasteiger partial charge in [-0.15, -0.1) is 0 Å². The second-order valence-electron chi connectivity index (χ2n) is 6.52. The van der Waals surface area contributed by atoms with Crippen molar-refractivity contribution in [2.24, 2.45) is 5.92 Å². The third kappa shape index (κ3) is 5.32. The number of likely N-dealkylation sites (tertiary alicyclic amines) is 1. The maximum absolute atomic E-state index is 12.4. The topological polar surface area (TPSA) is 66.5 Å². The van der Waals surface area contributed by atoms with Crippen molar-refractivity contribution >= 4 is 15.9 Å². The normalized spacial score (nSPS) is 19.9. The maximum atomic E-state index is 12.4. The zero-order chi connectivity index (χ0) is 16.9. The van der Waals surface area contributed by atoms with Gasteiger partial charge in [0.25, 0.3) is 0 Å². The van der Waals surface area contributed by atoms with Crippen molar-refractivity contribution < 1.29 is 13.2 Å². The summed E-state index contributed by atoms with van der Waals surface area (Å²) < 4.78 is 27.5. The molecule has 1 aliphatic heterocycles. The van der Waals surface area contributed by atoms with Crippen LogP contribution in [0.2, 0.25) is 0 Å². The number of rotatable bonds is 6. The van der Waals surface area contributed by atoms with Crippen LogP contribution in [0.4, 0.5) is 0 Å². The molecule has 1 atom stereocenters. The predicted molar refractivity (Wildman–Crippen MR) is 90.4 cm³/mol. The van der Waals surface area contributed by atoms with Crippen molar-refractivity contribution in [3.63, 3.8) is 0 Å². The van der Waals surface area contributed by atoms with Crippen LogP contribution in [-0.2, 0) is 14.8 Å². The van der Waals surface area contributed by atoms with Crippen LogP contribution < -0.4 is 4.72 Å². The van der Waals surface area contributed by atoms with Gasteiger partial charge < -0.3 is 4.90 Å². The number of carbonyl (C=O) groups excluding carboxylic acids is 1.